The summed E-state index contributed by atoms with van der Waals surface area (Å²) >= 11 is 0. The van der Waals surface area contributed by atoms with E-state index in [0.717, 1.165) is 19.6 Å². The topological polar surface area (TPSA) is 58.4 Å². The van der Waals surface area contributed by atoms with Crippen LogP contribution >= 0.6 is 0 Å². The molecule has 1 saturated heterocycles. The molecule has 1 heterocycles. The lowest BCUT2D eigenvalue weighted by Gasteiger charge is -2.33. The zero-order valence-electron chi connectivity index (χ0n) is 10.4. The van der Waals surface area contributed by atoms with E-state index >= 15 is 0 Å². The summed E-state index contributed by atoms with van der Waals surface area (Å²) in [5.74, 6) is -0.965. The van der Waals surface area contributed by atoms with Crippen molar-refractivity contribution in [3.8, 4) is 0 Å². The first-order valence-corrected chi connectivity index (χ1v) is 6.11. The van der Waals surface area contributed by atoms with Gasteiger partial charge in [-0.25, -0.2) is 4.39 Å². The molecule has 1 aliphatic rings. The third-order valence-electron chi connectivity index (χ3n) is 3.35. The van der Waals surface area contributed by atoms with E-state index in [1.54, 1.807) is 12.1 Å². The molecule has 0 aliphatic carbocycles. The van der Waals surface area contributed by atoms with E-state index in [-0.39, 0.29) is 11.4 Å². The molecular formula is C13H18FN3O. The highest BCUT2D eigenvalue weighted by molar-refractivity contribution is 5.92. The number of primary amides is 1. The molecule has 1 aromatic rings. The van der Waals surface area contributed by atoms with Crippen molar-refractivity contribution in [3.05, 3.63) is 35.1 Å². The van der Waals surface area contributed by atoms with Crippen LogP contribution in [0.5, 0.6) is 0 Å². The summed E-state index contributed by atoms with van der Waals surface area (Å²) in [5.41, 5.74) is 5.93. The normalized spacial score (nSPS) is 20.9. The predicted molar refractivity (Wildman–Crippen MR) is 67.7 cm³/mol. The minimum Gasteiger partial charge on any atom is -0.366 e. The number of nitrogens with one attached hydrogen (secondary N) is 1. The average molecular weight is 251 g/mol. The summed E-state index contributed by atoms with van der Waals surface area (Å²) in [7, 11) is 0. The van der Waals surface area contributed by atoms with Crippen LogP contribution in [-0.2, 0) is 6.54 Å². The van der Waals surface area contributed by atoms with Gasteiger partial charge in [0.2, 0.25) is 5.91 Å². The van der Waals surface area contributed by atoms with Gasteiger partial charge in [-0.1, -0.05) is 6.07 Å². The lowest BCUT2D eigenvalue weighted by molar-refractivity contribution is 0.0999. The summed E-state index contributed by atoms with van der Waals surface area (Å²) in [6.45, 7) is 5.42. The zero-order valence-corrected chi connectivity index (χ0v) is 10.4. The highest BCUT2D eigenvalue weighted by Crippen LogP contribution is 2.15. The Morgan fingerprint density at radius 1 is 1.61 bits per heavy atom. The van der Waals surface area contributed by atoms with E-state index in [4.69, 9.17) is 5.73 Å². The van der Waals surface area contributed by atoms with Crippen molar-refractivity contribution in [2.75, 3.05) is 19.6 Å². The number of nitrogens with two attached hydrogens (primary N) is 1. The minimum atomic E-state index is -0.601. The van der Waals surface area contributed by atoms with Crippen LogP contribution in [0.3, 0.4) is 0 Å². The quantitative estimate of drug-likeness (QED) is 0.832. The van der Waals surface area contributed by atoms with E-state index in [9.17, 15) is 9.18 Å². The third kappa shape index (κ3) is 2.86. The Labute approximate surface area is 106 Å². The van der Waals surface area contributed by atoms with E-state index in [1.807, 2.05) is 0 Å². The summed E-state index contributed by atoms with van der Waals surface area (Å²) in [4.78, 5) is 13.2. The molecule has 1 fully saturated rings. The van der Waals surface area contributed by atoms with E-state index in [0.29, 0.717) is 18.2 Å². The van der Waals surface area contributed by atoms with Crippen LogP contribution in [0.25, 0.3) is 0 Å². The number of benzene rings is 1. The lowest BCUT2D eigenvalue weighted by atomic mass is 10.1. The van der Waals surface area contributed by atoms with Crippen molar-refractivity contribution >= 4 is 5.91 Å². The van der Waals surface area contributed by atoms with Crippen LogP contribution < -0.4 is 11.1 Å². The molecule has 0 radical (unpaired) electrons. The molecule has 0 spiro atoms. The summed E-state index contributed by atoms with van der Waals surface area (Å²) in [6, 6.07) is 4.82. The Morgan fingerprint density at radius 3 is 3.00 bits per heavy atom. The maximum absolute atomic E-state index is 13.8. The number of amides is 1. The molecule has 3 N–H and O–H groups in total. The number of carbonyl (C=O) groups excluding carboxylic acids is 1. The molecule has 0 unspecified atom stereocenters. The van der Waals surface area contributed by atoms with Crippen molar-refractivity contribution in [2.45, 2.75) is 19.5 Å². The number of halogens is 1. The molecule has 2 rings (SSSR count). The van der Waals surface area contributed by atoms with Gasteiger partial charge in [0, 0.05) is 43.3 Å². The van der Waals surface area contributed by atoms with E-state index in [2.05, 4.69) is 17.1 Å². The smallest absolute Gasteiger partial charge is 0.248 e. The van der Waals surface area contributed by atoms with Gasteiger partial charge in [0.15, 0.2) is 0 Å². The van der Waals surface area contributed by atoms with E-state index < -0.39 is 5.91 Å². The fourth-order valence-electron chi connectivity index (χ4n) is 2.17. The second-order valence-corrected chi connectivity index (χ2v) is 4.69. The Morgan fingerprint density at radius 2 is 2.39 bits per heavy atom. The first-order valence-electron chi connectivity index (χ1n) is 6.11. The first kappa shape index (κ1) is 13.0. The molecule has 5 heteroatoms. The first-order chi connectivity index (χ1) is 8.58. The van der Waals surface area contributed by atoms with Gasteiger partial charge in [-0.2, -0.15) is 0 Å². The van der Waals surface area contributed by atoms with Crippen molar-refractivity contribution in [3.63, 3.8) is 0 Å². The molecule has 0 aromatic heterocycles. The highest BCUT2D eigenvalue weighted by atomic mass is 19.1. The number of piperazine rings is 1. The summed E-state index contributed by atoms with van der Waals surface area (Å²) in [5, 5.41) is 3.29. The summed E-state index contributed by atoms with van der Waals surface area (Å²) in [6.07, 6.45) is 0. The van der Waals surface area contributed by atoms with Crippen molar-refractivity contribution in [1.82, 2.24) is 10.2 Å². The molecule has 1 amide bonds. The third-order valence-corrected chi connectivity index (χ3v) is 3.35. The highest BCUT2D eigenvalue weighted by Gasteiger charge is 2.19. The van der Waals surface area contributed by atoms with Gasteiger partial charge in [0.25, 0.3) is 0 Å². The molecule has 18 heavy (non-hydrogen) atoms. The van der Waals surface area contributed by atoms with Crippen LogP contribution in [0.1, 0.15) is 22.8 Å². The molecule has 1 aliphatic heterocycles. The van der Waals surface area contributed by atoms with Crippen LogP contribution in [0.2, 0.25) is 0 Å². The molecule has 0 saturated carbocycles. The fraction of sp³-hybridized carbons (Fsp3) is 0.462. The number of hydrogen-bond donors (Lipinski definition) is 2. The predicted octanol–water partition coefficient (Wildman–Crippen LogP) is 0.718. The lowest BCUT2D eigenvalue weighted by Crippen LogP contribution is -2.49. The number of nitrogens with zero attached hydrogens (tertiary/aromatic N) is 1. The van der Waals surface area contributed by atoms with Crippen LogP contribution in [-0.4, -0.2) is 36.5 Å². The summed E-state index contributed by atoms with van der Waals surface area (Å²) < 4.78 is 13.8. The van der Waals surface area contributed by atoms with Crippen LogP contribution in [0.15, 0.2) is 18.2 Å². The largest absolute Gasteiger partial charge is 0.366 e. The minimum absolute atomic E-state index is 0.213. The Bertz CT molecular complexity index is 450. The molecule has 0 bridgehead atoms. The number of carbonyl (C=O) groups is 1. The van der Waals surface area contributed by atoms with E-state index in [1.165, 1.54) is 6.07 Å². The maximum atomic E-state index is 13.8. The zero-order chi connectivity index (χ0) is 13.1. The van der Waals surface area contributed by atoms with Gasteiger partial charge in [-0.15, -0.1) is 0 Å². The number of rotatable bonds is 3. The number of hydrogen-bond acceptors (Lipinski definition) is 3. The monoisotopic (exact) mass is 251 g/mol. The molecule has 98 valence electrons. The van der Waals surface area contributed by atoms with Crippen molar-refractivity contribution in [1.29, 1.82) is 0 Å². The van der Waals surface area contributed by atoms with Gasteiger partial charge < -0.3 is 11.1 Å². The van der Waals surface area contributed by atoms with Gasteiger partial charge in [-0.3, -0.25) is 9.69 Å². The van der Waals surface area contributed by atoms with Crippen molar-refractivity contribution < 1.29 is 9.18 Å². The van der Waals surface area contributed by atoms with Gasteiger partial charge >= 0.3 is 0 Å². The molecular weight excluding hydrogens is 233 g/mol. The Balaban J connectivity index is 2.11. The second kappa shape index (κ2) is 5.46. The maximum Gasteiger partial charge on any atom is 0.248 e. The average Bonchev–Trinajstić information content (AvgIpc) is 2.34. The van der Waals surface area contributed by atoms with Gasteiger partial charge in [-0.05, 0) is 19.1 Å². The fourth-order valence-corrected chi connectivity index (χ4v) is 2.17. The van der Waals surface area contributed by atoms with Crippen molar-refractivity contribution in [2.24, 2.45) is 5.73 Å². The Kier molecular flexibility index (Phi) is 3.93. The second-order valence-electron chi connectivity index (χ2n) is 4.69. The van der Waals surface area contributed by atoms with Crippen LogP contribution in [0, 0.1) is 5.82 Å². The van der Waals surface area contributed by atoms with Gasteiger partial charge in [0.05, 0.1) is 0 Å². The van der Waals surface area contributed by atoms with Crippen LogP contribution in [0.4, 0.5) is 4.39 Å². The SMILES string of the molecule is C[C@H]1CNCCN1Cc1ccc(C(N)=O)cc1F. The molecule has 1 aromatic carbocycles. The Hall–Kier alpha value is -1.46. The molecule has 4 nitrogen and oxygen atoms in total. The van der Waals surface area contributed by atoms with Gasteiger partial charge in [0.1, 0.15) is 5.82 Å². The molecule has 1 atom stereocenters. The standard InChI is InChI=1S/C13H18FN3O/c1-9-7-16-4-5-17(9)8-11-3-2-10(13(15)18)6-12(11)14/h2-3,6,9,16H,4-5,7-8H2,1H3,(H2,15,18)/t9-/m0/s1.